The Balaban J connectivity index is 1.43. The molecule has 3 aliphatic rings. The molecule has 6 nitrogen and oxygen atoms in total. The largest absolute Gasteiger partial charge is 0.464 e. The summed E-state index contributed by atoms with van der Waals surface area (Å²) in [6.07, 6.45) is 3.09. The molecule has 3 N–H and O–H groups in total. The van der Waals surface area contributed by atoms with Gasteiger partial charge in [0, 0.05) is 36.2 Å². The van der Waals surface area contributed by atoms with Gasteiger partial charge in [0.25, 0.3) is 0 Å². The highest BCUT2D eigenvalue weighted by atomic mass is 16.5. The van der Waals surface area contributed by atoms with Gasteiger partial charge in [0.1, 0.15) is 6.61 Å². The van der Waals surface area contributed by atoms with Gasteiger partial charge >= 0.3 is 5.97 Å². The van der Waals surface area contributed by atoms with Crippen molar-refractivity contribution >= 4 is 16.9 Å². The van der Waals surface area contributed by atoms with E-state index in [-0.39, 0.29) is 11.9 Å². The molecule has 5 rings (SSSR count). The van der Waals surface area contributed by atoms with E-state index in [2.05, 4.69) is 39.5 Å². The van der Waals surface area contributed by atoms with Crippen molar-refractivity contribution in [3.8, 4) is 0 Å². The van der Waals surface area contributed by atoms with E-state index >= 15 is 0 Å². The molecule has 0 radical (unpaired) electrons. The fraction of sp³-hybridized carbons (Fsp3) is 0.609. The van der Waals surface area contributed by atoms with Crippen LogP contribution >= 0.6 is 0 Å². The number of piperidine rings is 1. The van der Waals surface area contributed by atoms with Gasteiger partial charge in [-0.05, 0) is 56.2 Å². The highest BCUT2D eigenvalue weighted by molar-refractivity contribution is 5.85. The molecule has 5 atom stereocenters. The van der Waals surface area contributed by atoms with Gasteiger partial charge in [-0.25, -0.2) is 0 Å². The number of esters is 1. The number of carbonyl (C=O) groups is 1. The first-order chi connectivity index (χ1) is 14.2. The summed E-state index contributed by atoms with van der Waals surface area (Å²) in [6.45, 7) is 3.08. The van der Waals surface area contributed by atoms with Crippen LogP contribution in [0.4, 0.5) is 0 Å². The van der Waals surface area contributed by atoms with E-state index in [4.69, 9.17) is 4.74 Å². The third-order valence-corrected chi connectivity index (χ3v) is 7.42. The smallest absolute Gasteiger partial charge is 0.311 e. The SMILES string of the molecule is CNCCOC(=O)[C@@H]1[C@H]2C[C@H]3c4[nH]c5ccccc5c4CCN3C[C@@H]2CC[C@@H]1O. The number of aromatic nitrogens is 1. The fourth-order valence-electron chi connectivity index (χ4n) is 6.02. The van der Waals surface area contributed by atoms with Crippen LogP contribution in [0.15, 0.2) is 24.3 Å². The number of hydrogen-bond donors (Lipinski definition) is 3. The highest BCUT2D eigenvalue weighted by Crippen LogP contribution is 2.49. The second-order valence-electron chi connectivity index (χ2n) is 8.92. The van der Waals surface area contributed by atoms with E-state index < -0.39 is 12.0 Å². The number of fused-ring (bicyclic) bond motifs is 6. The van der Waals surface area contributed by atoms with Crippen LogP contribution in [0.3, 0.4) is 0 Å². The van der Waals surface area contributed by atoms with Gasteiger partial charge in [0.05, 0.1) is 18.1 Å². The predicted molar refractivity (Wildman–Crippen MR) is 112 cm³/mol. The van der Waals surface area contributed by atoms with Crippen molar-refractivity contribution in [2.75, 3.05) is 33.3 Å². The Morgan fingerprint density at radius 2 is 2.21 bits per heavy atom. The molecule has 0 spiro atoms. The van der Waals surface area contributed by atoms with Crippen molar-refractivity contribution in [1.29, 1.82) is 0 Å². The van der Waals surface area contributed by atoms with E-state index in [9.17, 15) is 9.90 Å². The second kappa shape index (κ2) is 7.74. The maximum Gasteiger partial charge on any atom is 0.311 e. The van der Waals surface area contributed by atoms with E-state index in [1.807, 2.05) is 7.05 Å². The molecule has 0 amide bonds. The quantitative estimate of drug-likeness (QED) is 0.545. The molecule has 29 heavy (non-hydrogen) atoms. The summed E-state index contributed by atoms with van der Waals surface area (Å²) < 4.78 is 5.51. The summed E-state index contributed by atoms with van der Waals surface area (Å²) in [5, 5.41) is 15.0. The summed E-state index contributed by atoms with van der Waals surface area (Å²) in [5.41, 5.74) is 3.95. The van der Waals surface area contributed by atoms with E-state index in [0.717, 1.165) is 32.4 Å². The first-order valence-electron chi connectivity index (χ1n) is 11.0. The molecule has 156 valence electrons. The van der Waals surface area contributed by atoms with Gasteiger partial charge in [-0.15, -0.1) is 0 Å². The number of aromatic amines is 1. The Hall–Kier alpha value is -1.89. The molecule has 6 heteroatoms. The lowest BCUT2D eigenvalue weighted by Gasteiger charge is -2.51. The lowest BCUT2D eigenvalue weighted by Crippen LogP contribution is -2.53. The topological polar surface area (TPSA) is 77.6 Å². The Morgan fingerprint density at radius 3 is 3.07 bits per heavy atom. The molecule has 0 unspecified atom stereocenters. The second-order valence-corrected chi connectivity index (χ2v) is 8.92. The lowest BCUT2D eigenvalue weighted by molar-refractivity contribution is -0.163. The molecule has 3 heterocycles. The third-order valence-electron chi connectivity index (χ3n) is 7.42. The molecular weight excluding hydrogens is 366 g/mol. The molecule has 1 saturated heterocycles. The molecular formula is C23H31N3O3. The Morgan fingerprint density at radius 1 is 1.34 bits per heavy atom. The minimum atomic E-state index is -0.587. The molecule has 1 aliphatic carbocycles. The minimum Gasteiger partial charge on any atom is -0.464 e. The molecule has 2 aliphatic heterocycles. The maximum absolute atomic E-state index is 12.9. The van der Waals surface area contributed by atoms with Crippen molar-refractivity contribution in [1.82, 2.24) is 15.2 Å². The van der Waals surface area contributed by atoms with Gasteiger partial charge in [-0.1, -0.05) is 18.2 Å². The first kappa shape index (κ1) is 19.1. The van der Waals surface area contributed by atoms with Crippen LogP contribution in [0.2, 0.25) is 0 Å². The van der Waals surface area contributed by atoms with Crippen LogP contribution < -0.4 is 5.32 Å². The standard InChI is InChI=1S/C23H31N3O3/c1-24-9-11-29-23(28)21-17-12-19-22-16(15-4-2-3-5-18(15)25-22)8-10-26(19)13-14(17)6-7-20(21)27/h2-5,14,17,19-21,24-25,27H,6-13H2,1H3/t14-,17-,19-,20-,21+/m0/s1. The summed E-state index contributed by atoms with van der Waals surface area (Å²) in [4.78, 5) is 19.1. The van der Waals surface area contributed by atoms with E-state index in [1.54, 1.807) is 0 Å². The zero-order valence-corrected chi connectivity index (χ0v) is 17.1. The monoisotopic (exact) mass is 397 g/mol. The average Bonchev–Trinajstić information content (AvgIpc) is 3.11. The maximum atomic E-state index is 12.9. The lowest BCUT2D eigenvalue weighted by atomic mass is 9.65. The number of benzene rings is 1. The van der Waals surface area contributed by atoms with Crippen molar-refractivity contribution < 1.29 is 14.6 Å². The minimum absolute atomic E-state index is 0.180. The molecule has 2 aromatic rings. The average molecular weight is 398 g/mol. The number of ether oxygens (including phenoxy) is 1. The van der Waals surface area contributed by atoms with Crippen LogP contribution in [0, 0.1) is 17.8 Å². The van der Waals surface area contributed by atoms with Crippen LogP contribution in [0.5, 0.6) is 0 Å². The van der Waals surface area contributed by atoms with Crippen molar-refractivity contribution in [3.05, 3.63) is 35.5 Å². The highest BCUT2D eigenvalue weighted by Gasteiger charge is 2.49. The Kier molecular flexibility index (Phi) is 5.10. The first-order valence-corrected chi connectivity index (χ1v) is 11.0. The molecule has 0 bridgehead atoms. The molecule has 1 aromatic carbocycles. The Bertz CT molecular complexity index is 895. The summed E-state index contributed by atoms with van der Waals surface area (Å²) in [6, 6.07) is 8.83. The molecule has 1 saturated carbocycles. The number of rotatable bonds is 4. The van der Waals surface area contributed by atoms with Crippen LogP contribution in [-0.2, 0) is 16.0 Å². The van der Waals surface area contributed by atoms with Gasteiger partial charge < -0.3 is 20.1 Å². The Labute approximate surface area is 171 Å². The van der Waals surface area contributed by atoms with Crippen LogP contribution in [0.1, 0.15) is 36.6 Å². The predicted octanol–water partition coefficient (Wildman–Crippen LogP) is 2.24. The van der Waals surface area contributed by atoms with Crippen LogP contribution in [-0.4, -0.2) is 60.4 Å². The van der Waals surface area contributed by atoms with Gasteiger partial charge in [0.15, 0.2) is 0 Å². The van der Waals surface area contributed by atoms with Crippen molar-refractivity contribution in [3.63, 3.8) is 0 Å². The zero-order chi connectivity index (χ0) is 20.0. The number of aliphatic hydroxyl groups is 1. The summed E-state index contributed by atoms with van der Waals surface area (Å²) in [7, 11) is 1.84. The van der Waals surface area contributed by atoms with Gasteiger partial charge in [-0.3, -0.25) is 9.69 Å². The number of nitrogens with zero attached hydrogens (tertiary/aromatic N) is 1. The third kappa shape index (κ3) is 3.27. The number of aliphatic hydroxyl groups excluding tert-OH is 1. The number of likely N-dealkylation sites (N-methyl/N-ethyl adjacent to an activating group) is 1. The van der Waals surface area contributed by atoms with Gasteiger partial charge in [0.2, 0.25) is 0 Å². The van der Waals surface area contributed by atoms with E-state index in [1.165, 1.54) is 22.2 Å². The van der Waals surface area contributed by atoms with Crippen LogP contribution in [0.25, 0.3) is 10.9 Å². The number of para-hydroxylation sites is 1. The summed E-state index contributed by atoms with van der Waals surface area (Å²) in [5.74, 6) is 0.0213. The zero-order valence-electron chi connectivity index (χ0n) is 17.1. The van der Waals surface area contributed by atoms with Crippen molar-refractivity contribution in [2.24, 2.45) is 17.8 Å². The number of carbonyl (C=O) groups excluding carboxylic acids is 1. The molecule has 1 aromatic heterocycles. The van der Waals surface area contributed by atoms with Crippen molar-refractivity contribution in [2.45, 2.75) is 37.8 Å². The number of H-pyrrole nitrogens is 1. The number of nitrogens with one attached hydrogen (secondary N) is 2. The fourth-order valence-corrected chi connectivity index (χ4v) is 6.02. The number of hydrogen-bond acceptors (Lipinski definition) is 5. The van der Waals surface area contributed by atoms with Gasteiger partial charge in [-0.2, -0.15) is 0 Å². The molecule has 2 fully saturated rings. The summed E-state index contributed by atoms with van der Waals surface area (Å²) >= 11 is 0. The van der Waals surface area contributed by atoms with E-state index in [0.29, 0.717) is 31.5 Å². The normalized spacial score (nSPS) is 31.7.